The van der Waals surface area contributed by atoms with E-state index in [1.165, 1.54) is 7.11 Å². The molecule has 2 unspecified atom stereocenters. The predicted octanol–water partition coefficient (Wildman–Crippen LogP) is 3.66. The van der Waals surface area contributed by atoms with E-state index in [0.717, 1.165) is 17.5 Å². The second-order valence-electron chi connectivity index (χ2n) is 7.94. The van der Waals surface area contributed by atoms with Crippen molar-refractivity contribution < 1.29 is 9.84 Å². The van der Waals surface area contributed by atoms with Crippen molar-refractivity contribution in [2.45, 2.75) is 44.8 Å². The van der Waals surface area contributed by atoms with Gasteiger partial charge < -0.3 is 14.8 Å². The third-order valence-corrected chi connectivity index (χ3v) is 5.62. The Kier molecular flexibility index (Phi) is 6.66. The minimum atomic E-state index is -0.691. The van der Waals surface area contributed by atoms with Crippen LogP contribution in [-0.2, 0) is 12.8 Å². The average molecular weight is 433 g/mol. The van der Waals surface area contributed by atoms with Gasteiger partial charge in [-0.25, -0.2) is 9.67 Å². The maximum atomic E-state index is 12.9. The average Bonchev–Trinajstić information content (AvgIpc) is 3.17. The molecule has 0 aliphatic heterocycles. The van der Waals surface area contributed by atoms with Crippen molar-refractivity contribution in [2.24, 2.45) is 0 Å². The van der Waals surface area contributed by atoms with Crippen LogP contribution < -0.4 is 10.3 Å². The van der Waals surface area contributed by atoms with Crippen molar-refractivity contribution >= 4 is 11.0 Å². The first-order valence-corrected chi connectivity index (χ1v) is 10.9. The summed E-state index contributed by atoms with van der Waals surface area (Å²) in [5, 5.41) is 16.0. The Hall–Kier alpha value is -3.45. The molecular weight excluding hydrogens is 404 g/mol. The van der Waals surface area contributed by atoms with Crippen LogP contribution >= 0.6 is 0 Å². The van der Waals surface area contributed by atoms with Crippen LogP contribution in [0.25, 0.3) is 11.0 Å². The van der Waals surface area contributed by atoms with Crippen molar-refractivity contribution in [1.29, 1.82) is 0 Å². The van der Waals surface area contributed by atoms with Crippen LogP contribution in [0.2, 0.25) is 0 Å². The molecule has 0 radical (unpaired) electrons. The lowest BCUT2D eigenvalue weighted by Crippen LogP contribution is -2.28. The van der Waals surface area contributed by atoms with Gasteiger partial charge in [-0.05, 0) is 17.5 Å². The fraction of sp³-hybridized carbons (Fsp3) is 0.320. The van der Waals surface area contributed by atoms with Crippen molar-refractivity contribution in [3.05, 3.63) is 88.0 Å². The first kappa shape index (κ1) is 21.8. The van der Waals surface area contributed by atoms with Gasteiger partial charge in [0.25, 0.3) is 5.56 Å². The van der Waals surface area contributed by atoms with E-state index in [1.807, 2.05) is 60.7 Å². The molecule has 0 bridgehead atoms. The number of methoxy groups -OCH3 is 1. The summed E-state index contributed by atoms with van der Waals surface area (Å²) >= 11 is 0. The first-order chi connectivity index (χ1) is 15.6. The molecule has 0 aliphatic carbocycles. The van der Waals surface area contributed by atoms with E-state index in [9.17, 15) is 9.90 Å². The molecule has 2 aromatic heterocycles. The normalized spacial score (nSPS) is 13.2. The molecule has 166 valence electrons. The van der Waals surface area contributed by atoms with Gasteiger partial charge in [0.2, 0.25) is 5.88 Å². The molecule has 7 heteroatoms. The summed E-state index contributed by atoms with van der Waals surface area (Å²) in [4.78, 5) is 20.5. The van der Waals surface area contributed by atoms with E-state index in [0.29, 0.717) is 36.1 Å². The fourth-order valence-corrected chi connectivity index (χ4v) is 4.07. The summed E-state index contributed by atoms with van der Waals surface area (Å²) in [6.45, 7) is 2.06. The van der Waals surface area contributed by atoms with Gasteiger partial charge in [-0.1, -0.05) is 74.0 Å². The van der Waals surface area contributed by atoms with Crippen LogP contribution in [0.4, 0.5) is 0 Å². The van der Waals surface area contributed by atoms with Crippen LogP contribution in [0.3, 0.4) is 0 Å². The van der Waals surface area contributed by atoms with Crippen LogP contribution in [0.1, 0.15) is 42.8 Å². The number of ether oxygens (including phenoxy) is 1. The van der Waals surface area contributed by atoms with Gasteiger partial charge in [0, 0.05) is 12.8 Å². The van der Waals surface area contributed by atoms with E-state index in [4.69, 9.17) is 9.72 Å². The number of H-pyrrole nitrogens is 1. The summed E-state index contributed by atoms with van der Waals surface area (Å²) < 4.78 is 7.08. The number of hydrogen-bond donors (Lipinski definition) is 2. The number of rotatable bonds is 9. The highest BCUT2D eigenvalue weighted by atomic mass is 16.5. The molecule has 2 heterocycles. The number of aliphatic hydroxyl groups is 1. The number of nitrogens with zero attached hydrogens (tertiary/aromatic N) is 3. The number of aliphatic hydroxyl groups excluding tert-OH is 1. The number of hydrogen-bond acceptors (Lipinski definition) is 5. The molecular formula is C25H28N4O3. The predicted molar refractivity (Wildman–Crippen MR) is 124 cm³/mol. The highest BCUT2D eigenvalue weighted by Crippen LogP contribution is 2.28. The minimum Gasteiger partial charge on any atom is -0.479 e. The molecule has 0 amide bonds. The van der Waals surface area contributed by atoms with Crippen molar-refractivity contribution in [3.8, 4) is 5.88 Å². The van der Waals surface area contributed by atoms with Crippen molar-refractivity contribution in [1.82, 2.24) is 19.7 Å². The van der Waals surface area contributed by atoms with Crippen LogP contribution in [0.5, 0.6) is 5.88 Å². The molecule has 32 heavy (non-hydrogen) atoms. The Labute approximate surface area is 186 Å². The van der Waals surface area contributed by atoms with E-state index >= 15 is 0 Å². The number of aromatic amines is 1. The summed E-state index contributed by atoms with van der Waals surface area (Å²) in [6.07, 6.45) is 1.82. The van der Waals surface area contributed by atoms with E-state index < -0.39 is 6.10 Å². The van der Waals surface area contributed by atoms with Gasteiger partial charge in [-0.3, -0.25) is 4.79 Å². The van der Waals surface area contributed by atoms with Gasteiger partial charge in [0.05, 0.1) is 19.3 Å². The first-order valence-electron chi connectivity index (χ1n) is 10.9. The summed E-state index contributed by atoms with van der Waals surface area (Å²) in [5.74, 6) is 0.762. The zero-order chi connectivity index (χ0) is 22.5. The van der Waals surface area contributed by atoms with Gasteiger partial charge >= 0.3 is 0 Å². The van der Waals surface area contributed by atoms with Gasteiger partial charge in [0.15, 0.2) is 5.65 Å². The third-order valence-electron chi connectivity index (χ3n) is 5.62. The highest BCUT2D eigenvalue weighted by molar-refractivity contribution is 5.80. The maximum absolute atomic E-state index is 12.9. The summed E-state index contributed by atoms with van der Waals surface area (Å²) in [6, 6.07) is 19.4. The minimum absolute atomic E-state index is 0.216. The van der Waals surface area contributed by atoms with Crippen molar-refractivity contribution in [3.63, 3.8) is 0 Å². The van der Waals surface area contributed by atoms with E-state index in [-0.39, 0.29) is 17.5 Å². The molecule has 0 saturated heterocycles. The third kappa shape index (κ3) is 4.57. The number of aromatic nitrogens is 4. The number of fused-ring (bicyclic) bond motifs is 1. The van der Waals surface area contributed by atoms with Crippen LogP contribution in [-0.4, -0.2) is 38.1 Å². The van der Waals surface area contributed by atoms with E-state index in [2.05, 4.69) is 17.0 Å². The lowest BCUT2D eigenvalue weighted by molar-refractivity contribution is 0.101. The maximum Gasteiger partial charge on any atom is 0.266 e. The quantitative estimate of drug-likeness (QED) is 0.421. The Morgan fingerprint density at radius 2 is 1.72 bits per heavy atom. The molecule has 2 N–H and O–H groups in total. The second kappa shape index (κ2) is 9.78. The molecule has 4 aromatic rings. The molecule has 2 atom stereocenters. The topological polar surface area (TPSA) is 93.0 Å². The van der Waals surface area contributed by atoms with Crippen LogP contribution in [0, 0.1) is 0 Å². The molecule has 0 aliphatic rings. The van der Waals surface area contributed by atoms with Gasteiger partial charge in [0.1, 0.15) is 11.2 Å². The molecule has 4 rings (SSSR count). The lowest BCUT2D eigenvalue weighted by Gasteiger charge is -2.23. The number of nitrogens with one attached hydrogen (secondary N) is 1. The second-order valence-corrected chi connectivity index (χ2v) is 7.94. The molecule has 0 fully saturated rings. The van der Waals surface area contributed by atoms with Gasteiger partial charge in [-0.2, -0.15) is 0 Å². The Balaban J connectivity index is 1.77. The number of benzene rings is 2. The van der Waals surface area contributed by atoms with Crippen molar-refractivity contribution in [2.75, 3.05) is 7.11 Å². The lowest BCUT2D eigenvalue weighted by atomic mass is 9.99. The van der Waals surface area contributed by atoms with E-state index in [1.54, 1.807) is 4.68 Å². The smallest absolute Gasteiger partial charge is 0.266 e. The largest absolute Gasteiger partial charge is 0.479 e. The molecule has 2 aromatic carbocycles. The Bertz CT molecular complexity index is 1220. The molecule has 7 nitrogen and oxygen atoms in total. The van der Waals surface area contributed by atoms with Crippen LogP contribution in [0.15, 0.2) is 65.5 Å². The highest BCUT2D eigenvalue weighted by Gasteiger charge is 2.27. The summed E-state index contributed by atoms with van der Waals surface area (Å²) in [5.41, 5.74) is 2.22. The Morgan fingerprint density at radius 1 is 1.06 bits per heavy atom. The van der Waals surface area contributed by atoms with Gasteiger partial charge in [-0.15, -0.1) is 5.10 Å². The standard InChI is InChI=1S/C25H28N4O3/c1-3-10-19(20(30)15-17-11-6-4-7-12-17)29-23-22(25(28-29)32-2)24(31)27-21(26-23)16-18-13-8-5-9-14-18/h4-9,11-14,19-20,30H,3,10,15-16H2,1-2H3,(H,26,27,31). The monoisotopic (exact) mass is 432 g/mol. The summed E-state index contributed by atoms with van der Waals surface area (Å²) in [7, 11) is 1.48. The zero-order valence-corrected chi connectivity index (χ0v) is 18.4. The SMILES string of the molecule is CCCC(C(O)Cc1ccccc1)n1nc(OC)c2c(=O)[nH]c(Cc3ccccc3)nc21. The zero-order valence-electron chi connectivity index (χ0n) is 18.4. The molecule has 0 saturated carbocycles. The molecule has 0 spiro atoms. The Morgan fingerprint density at radius 3 is 2.34 bits per heavy atom. The fourth-order valence-electron chi connectivity index (χ4n) is 4.07.